The summed E-state index contributed by atoms with van der Waals surface area (Å²) in [6.45, 7) is 14.7. The number of ether oxygens (including phenoxy) is 4. The second-order valence-electron chi connectivity index (χ2n) is 13.4. The minimum absolute atomic E-state index is 0.0791. The number of rotatable bonds is 14. The number of methoxy groups -OCH3 is 1. The minimum atomic E-state index is -0.669. The lowest BCUT2D eigenvalue weighted by Gasteiger charge is -2.31. The standard InChI is InChI=1S/C33H52N2O7/c1-20(2)23(17-26(34-32(38)42-33(5,6)7)28-19-25(21(3)4)31(37)41-28)18-29(36)35-30-24-12-9-11-22(24)13-14-27(30)40-16-10-15-39-8/h13-14,20-21,23,25-26,28H,9-12,15-19H2,1-8H3,(H,34,38)(H,35,36)/t23-,25+,26+,28+/m1/s1. The fourth-order valence-electron chi connectivity index (χ4n) is 5.82. The second kappa shape index (κ2) is 15.1. The lowest BCUT2D eigenvalue weighted by Crippen LogP contribution is -2.47. The summed E-state index contributed by atoms with van der Waals surface area (Å²) in [5.41, 5.74) is 2.50. The maximum Gasteiger partial charge on any atom is 0.408 e. The van der Waals surface area contributed by atoms with Crippen molar-refractivity contribution in [2.24, 2.45) is 23.7 Å². The Hall–Kier alpha value is -2.81. The molecular formula is C33H52N2O7. The van der Waals surface area contributed by atoms with Gasteiger partial charge in [-0.1, -0.05) is 33.8 Å². The van der Waals surface area contributed by atoms with Crippen molar-refractivity contribution in [1.29, 1.82) is 0 Å². The summed E-state index contributed by atoms with van der Waals surface area (Å²) < 4.78 is 22.5. The van der Waals surface area contributed by atoms with Crippen LogP contribution in [0, 0.1) is 23.7 Å². The molecule has 0 saturated carbocycles. The van der Waals surface area contributed by atoms with Gasteiger partial charge in [-0.25, -0.2) is 4.79 Å². The number of amides is 2. The van der Waals surface area contributed by atoms with Crippen LogP contribution in [-0.4, -0.2) is 56.0 Å². The Morgan fingerprint density at radius 1 is 1.10 bits per heavy atom. The first-order chi connectivity index (χ1) is 19.8. The highest BCUT2D eigenvalue weighted by Crippen LogP contribution is 2.38. The Kier molecular flexibility index (Phi) is 12.1. The average molecular weight is 589 g/mol. The number of carbonyl (C=O) groups excluding carboxylic acids is 3. The van der Waals surface area contributed by atoms with Gasteiger partial charge in [0.15, 0.2) is 0 Å². The first-order valence-corrected chi connectivity index (χ1v) is 15.5. The van der Waals surface area contributed by atoms with Crippen molar-refractivity contribution in [2.75, 3.05) is 25.6 Å². The van der Waals surface area contributed by atoms with E-state index >= 15 is 0 Å². The number of esters is 1. The van der Waals surface area contributed by atoms with Crippen LogP contribution in [0.4, 0.5) is 10.5 Å². The van der Waals surface area contributed by atoms with Gasteiger partial charge < -0.3 is 29.6 Å². The first kappa shape index (κ1) is 33.7. The van der Waals surface area contributed by atoms with Crippen molar-refractivity contribution in [3.05, 3.63) is 23.3 Å². The largest absolute Gasteiger partial charge is 0.491 e. The fourth-order valence-corrected chi connectivity index (χ4v) is 5.82. The number of carbonyl (C=O) groups is 3. The van der Waals surface area contributed by atoms with Gasteiger partial charge in [0.25, 0.3) is 0 Å². The van der Waals surface area contributed by atoms with E-state index in [0.29, 0.717) is 31.8 Å². The van der Waals surface area contributed by atoms with Gasteiger partial charge in [0.2, 0.25) is 5.91 Å². The van der Waals surface area contributed by atoms with Crippen LogP contribution in [0.2, 0.25) is 0 Å². The van der Waals surface area contributed by atoms with E-state index in [0.717, 1.165) is 36.9 Å². The van der Waals surface area contributed by atoms with E-state index in [1.54, 1.807) is 7.11 Å². The molecule has 42 heavy (non-hydrogen) atoms. The molecule has 1 heterocycles. The van der Waals surface area contributed by atoms with Crippen LogP contribution >= 0.6 is 0 Å². The second-order valence-corrected chi connectivity index (χ2v) is 13.4. The van der Waals surface area contributed by atoms with Crippen LogP contribution in [0.15, 0.2) is 12.1 Å². The Morgan fingerprint density at radius 2 is 1.83 bits per heavy atom. The predicted molar refractivity (Wildman–Crippen MR) is 163 cm³/mol. The number of benzene rings is 1. The summed E-state index contributed by atoms with van der Waals surface area (Å²) in [4.78, 5) is 39.0. The Bertz CT molecular complexity index is 1080. The zero-order chi connectivity index (χ0) is 31.0. The Morgan fingerprint density at radius 3 is 2.45 bits per heavy atom. The normalized spacial score (nSPS) is 19.8. The molecule has 1 aromatic rings. The number of hydrogen-bond donors (Lipinski definition) is 2. The fraction of sp³-hybridized carbons (Fsp3) is 0.727. The molecule has 1 aliphatic carbocycles. The number of aryl methyl sites for hydroxylation is 1. The number of cyclic esters (lactones) is 1. The zero-order valence-corrected chi connectivity index (χ0v) is 26.8. The SMILES string of the molecule is COCCCOc1ccc2c(c1NC(=O)C[C@@H](C[C@H](NC(=O)OC(C)(C)C)[C@@H]1C[C@@H](C(C)C)C(=O)O1)C(C)C)CCC2. The molecular weight excluding hydrogens is 536 g/mol. The van der Waals surface area contributed by atoms with Gasteiger partial charge in [-0.2, -0.15) is 0 Å². The van der Waals surface area contributed by atoms with E-state index < -0.39 is 23.8 Å². The summed E-state index contributed by atoms with van der Waals surface area (Å²) in [5, 5.41) is 6.17. The smallest absolute Gasteiger partial charge is 0.408 e. The molecule has 1 saturated heterocycles. The lowest BCUT2D eigenvalue weighted by molar-refractivity contribution is -0.146. The van der Waals surface area contributed by atoms with Crippen LogP contribution in [0.1, 0.15) is 91.7 Å². The Balaban J connectivity index is 1.76. The first-order valence-electron chi connectivity index (χ1n) is 15.5. The maximum absolute atomic E-state index is 13.6. The summed E-state index contributed by atoms with van der Waals surface area (Å²) in [6, 6.07) is 3.57. The zero-order valence-electron chi connectivity index (χ0n) is 26.8. The number of alkyl carbamates (subject to hydrolysis) is 1. The average Bonchev–Trinajstić information content (AvgIpc) is 3.52. The molecule has 236 valence electrons. The van der Waals surface area contributed by atoms with Crippen molar-refractivity contribution in [2.45, 2.75) is 111 Å². The molecule has 2 N–H and O–H groups in total. The maximum atomic E-state index is 13.6. The van der Waals surface area contributed by atoms with Crippen molar-refractivity contribution in [3.8, 4) is 5.75 Å². The third-order valence-corrected chi connectivity index (χ3v) is 8.22. The molecule has 1 aliphatic heterocycles. The molecule has 3 rings (SSSR count). The van der Waals surface area contributed by atoms with E-state index in [1.807, 2.05) is 40.7 Å². The van der Waals surface area contributed by atoms with E-state index in [4.69, 9.17) is 18.9 Å². The van der Waals surface area contributed by atoms with Crippen molar-refractivity contribution < 1.29 is 33.3 Å². The predicted octanol–water partition coefficient (Wildman–Crippen LogP) is 6.06. The lowest BCUT2D eigenvalue weighted by atomic mass is 9.83. The third kappa shape index (κ3) is 9.61. The highest BCUT2D eigenvalue weighted by molar-refractivity contribution is 5.94. The molecule has 0 aromatic heterocycles. The van der Waals surface area contributed by atoms with Gasteiger partial charge in [-0.15, -0.1) is 0 Å². The van der Waals surface area contributed by atoms with Crippen LogP contribution in [0.5, 0.6) is 5.75 Å². The van der Waals surface area contributed by atoms with Crippen LogP contribution in [0.3, 0.4) is 0 Å². The third-order valence-electron chi connectivity index (χ3n) is 8.22. The highest BCUT2D eigenvalue weighted by Gasteiger charge is 2.42. The van der Waals surface area contributed by atoms with Gasteiger partial charge in [-0.05, 0) is 87.8 Å². The van der Waals surface area contributed by atoms with Crippen molar-refractivity contribution in [3.63, 3.8) is 0 Å². The van der Waals surface area contributed by atoms with E-state index in [9.17, 15) is 14.4 Å². The molecule has 0 radical (unpaired) electrons. The Labute approximate surface area is 251 Å². The van der Waals surface area contributed by atoms with E-state index in [2.05, 4.69) is 30.5 Å². The van der Waals surface area contributed by atoms with E-state index in [-0.39, 0.29) is 42.0 Å². The topological polar surface area (TPSA) is 112 Å². The quantitative estimate of drug-likeness (QED) is 0.201. The van der Waals surface area contributed by atoms with Crippen molar-refractivity contribution >= 4 is 23.7 Å². The summed E-state index contributed by atoms with van der Waals surface area (Å²) in [6.07, 6.45) is 3.91. The molecule has 2 amide bonds. The van der Waals surface area contributed by atoms with Gasteiger partial charge in [0.1, 0.15) is 17.5 Å². The van der Waals surface area contributed by atoms with Crippen LogP contribution < -0.4 is 15.4 Å². The molecule has 9 nitrogen and oxygen atoms in total. The van der Waals surface area contributed by atoms with Gasteiger partial charge in [0, 0.05) is 26.6 Å². The van der Waals surface area contributed by atoms with E-state index in [1.165, 1.54) is 5.56 Å². The molecule has 0 bridgehead atoms. The summed E-state index contributed by atoms with van der Waals surface area (Å²) in [7, 11) is 1.67. The number of nitrogens with one attached hydrogen (secondary N) is 2. The molecule has 0 unspecified atom stereocenters. The monoisotopic (exact) mass is 588 g/mol. The van der Waals surface area contributed by atoms with Gasteiger partial charge in [0.05, 0.1) is 24.3 Å². The van der Waals surface area contributed by atoms with Gasteiger partial charge in [-0.3, -0.25) is 9.59 Å². The molecule has 4 atom stereocenters. The van der Waals surface area contributed by atoms with Crippen molar-refractivity contribution in [1.82, 2.24) is 5.32 Å². The molecule has 2 aliphatic rings. The van der Waals surface area contributed by atoms with Crippen LogP contribution in [0.25, 0.3) is 0 Å². The molecule has 0 spiro atoms. The number of fused-ring (bicyclic) bond motifs is 1. The van der Waals surface area contributed by atoms with Gasteiger partial charge >= 0.3 is 12.1 Å². The number of anilines is 1. The number of hydrogen-bond acceptors (Lipinski definition) is 7. The molecule has 1 fully saturated rings. The molecule has 1 aromatic carbocycles. The van der Waals surface area contributed by atoms with Crippen LogP contribution in [-0.2, 0) is 36.6 Å². The highest BCUT2D eigenvalue weighted by atomic mass is 16.6. The summed E-state index contributed by atoms with van der Waals surface area (Å²) >= 11 is 0. The molecule has 9 heteroatoms. The summed E-state index contributed by atoms with van der Waals surface area (Å²) in [5.74, 6) is 0.322. The minimum Gasteiger partial charge on any atom is -0.491 e.